The average molecular weight is 212 g/mol. The van der Waals surface area contributed by atoms with Crippen LogP contribution in [0.2, 0.25) is 0 Å². The van der Waals surface area contributed by atoms with E-state index in [9.17, 15) is 4.39 Å². The number of aromatic nitrogens is 1. The molecule has 1 heterocycles. The summed E-state index contributed by atoms with van der Waals surface area (Å²) in [6.07, 6.45) is 1.14. The van der Waals surface area contributed by atoms with Crippen molar-refractivity contribution in [1.82, 2.24) is 4.98 Å². The van der Waals surface area contributed by atoms with Crippen molar-refractivity contribution in [2.45, 2.75) is 40.5 Å². The van der Waals surface area contributed by atoms with Gasteiger partial charge in [-0.3, -0.25) is 0 Å². The molecule has 1 aromatic heterocycles. The van der Waals surface area contributed by atoms with Crippen LogP contribution in [-0.4, -0.2) is 4.98 Å². The summed E-state index contributed by atoms with van der Waals surface area (Å²) in [5.74, 6) is 0.786. The summed E-state index contributed by atoms with van der Waals surface area (Å²) in [5, 5.41) is 0. The Bertz CT molecular complexity index is 298. The van der Waals surface area contributed by atoms with Gasteiger partial charge < -0.3 is 5.73 Å². The molecule has 0 aliphatic heterocycles. The van der Waals surface area contributed by atoms with Gasteiger partial charge in [0.05, 0.1) is 6.20 Å². The van der Waals surface area contributed by atoms with Crippen LogP contribution in [0.5, 0.6) is 0 Å². The molecule has 0 bridgehead atoms. The molecule has 2 N–H and O–H groups in total. The number of nitrogen functional groups attached to an aromatic ring is 1. The van der Waals surface area contributed by atoms with E-state index >= 15 is 0 Å². The van der Waals surface area contributed by atoms with Gasteiger partial charge in [-0.2, -0.15) is 0 Å². The Morgan fingerprint density at radius 3 is 2.27 bits per heavy atom. The molecule has 3 heteroatoms. The molecule has 0 aliphatic carbocycles. The third-order valence-electron chi connectivity index (χ3n) is 2.41. The second kappa shape index (κ2) is 6.38. The van der Waals surface area contributed by atoms with Crippen molar-refractivity contribution in [1.29, 1.82) is 0 Å². The zero-order chi connectivity index (χ0) is 12.0. The molecule has 1 aromatic rings. The number of hydrogen-bond acceptors (Lipinski definition) is 2. The van der Waals surface area contributed by atoms with Gasteiger partial charge in [0.15, 0.2) is 0 Å². The van der Waals surface area contributed by atoms with E-state index in [1.54, 1.807) is 0 Å². The Balaban J connectivity index is 0.000000921. The third kappa shape index (κ3) is 3.86. The van der Waals surface area contributed by atoms with Crippen molar-refractivity contribution in [2.75, 3.05) is 5.73 Å². The van der Waals surface area contributed by atoms with Crippen molar-refractivity contribution in [3.05, 3.63) is 23.6 Å². The number of hydrogen-bond donors (Lipinski definition) is 1. The number of anilines is 1. The van der Waals surface area contributed by atoms with E-state index in [-0.39, 0.29) is 11.7 Å². The van der Waals surface area contributed by atoms with E-state index in [0.29, 0.717) is 11.7 Å². The quantitative estimate of drug-likeness (QED) is 0.813. The lowest BCUT2D eigenvalue weighted by atomic mass is 9.91. The predicted molar refractivity (Wildman–Crippen MR) is 63.2 cm³/mol. The van der Waals surface area contributed by atoms with Gasteiger partial charge in [0.25, 0.3) is 0 Å². The highest BCUT2D eigenvalue weighted by molar-refractivity contribution is 5.41. The van der Waals surface area contributed by atoms with Gasteiger partial charge in [-0.25, -0.2) is 9.37 Å². The SMILES string of the molecule is CC.CC(C)C(C)c1cc(F)cnc1N. The van der Waals surface area contributed by atoms with Gasteiger partial charge in [0.2, 0.25) is 0 Å². The van der Waals surface area contributed by atoms with E-state index in [1.807, 2.05) is 20.8 Å². The fourth-order valence-corrected chi connectivity index (χ4v) is 1.19. The zero-order valence-corrected chi connectivity index (χ0v) is 10.2. The maximum atomic E-state index is 12.9. The third-order valence-corrected chi connectivity index (χ3v) is 2.41. The maximum Gasteiger partial charge on any atom is 0.141 e. The molecule has 86 valence electrons. The van der Waals surface area contributed by atoms with Gasteiger partial charge in [-0.15, -0.1) is 0 Å². The maximum absolute atomic E-state index is 12.9. The highest BCUT2D eigenvalue weighted by atomic mass is 19.1. The van der Waals surface area contributed by atoms with Gasteiger partial charge >= 0.3 is 0 Å². The minimum Gasteiger partial charge on any atom is -0.383 e. The lowest BCUT2D eigenvalue weighted by molar-refractivity contribution is 0.529. The van der Waals surface area contributed by atoms with Crippen molar-refractivity contribution >= 4 is 5.82 Å². The van der Waals surface area contributed by atoms with E-state index in [0.717, 1.165) is 11.8 Å². The summed E-state index contributed by atoms with van der Waals surface area (Å²) >= 11 is 0. The summed E-state index contributed by atoms with van der Waals surface area (Å²) in [6.45, 7) is 10.2. The van der Waals surface area contributed by atoms with Crippen molar-refractivity contribution in [2.24, 2.45) is 5.92 Å². The molecule has 1 rings (SSSR count). The normalized spacial score (nSPS) is 11.9. The molecule has 1 atom stereocenters. The summed E-state index contributed by atoms with van der Waals surface area (Å²) < 4.78 is 12.9. The van der Waals surface area contributed by atoms with Crippen LogP contribution < -0.4 is 5.73 Å². The van der Waals surface area contributed by atoms with Crippen molar-refractivity contribution < 1.29 is 4.39 Å². The van der Waals surface area contributed by atoms with Gasteiger partial charge in [0, 0.05) is 5.56 Å². The molecular weight excluding hydrogens is 191 g/mol. The van der Waals surface area contributed by atoms with E-state index < -0.39 is 0 Å². The second-order valence-electron chi connectivity index (χ2n) is 3.66. The monoisotopic (exact) mass is 212 g/mol. The fourth-order valence-electron chi connectivity index (χ4n) is 1.19. The van der Waals surface area contributed by atoms with Crippen LogP contribution in [0.4, 0.5) is 10.2 Å². The van der Waals surface area contributed by atoms with E-state index in [1.165, 1.54) is 6.07 Å². The number of pyridine rings is 1. The van der Waals surface area contributed by atoms with Crippen LogP contribution in [0.15, 0.2) is 12.3 Å². The van der Waals surface area contributed by atoms with E-state index in [2.05, 4.69) is 18.8 Å². The lowest BCUT2D eigenvalue weighted by Crippen LogP contribution is -2.07. The second-order valence-corrected chi connectivity index (χ2v) is 3.66. The van der Waals surface area contributed by atoms with Gasteiger partial charge in [-0.1, -0.05) is 34.6 Å². The first kappa shape index (κ1) is 13.9. The highest BCUT2D eigenvalue weighted by Gasteiger charge is 2.14. The first-order valence-corrected chi connectivity index (χ1v) is 5.43. The molecule has 1 unspecified atom stereocenters. The zero-order valence-electron chi connectivity index (χ0n) is 10.2. The molecule has 0 spiro atoms. The molecule has 0 fully saturated rings. The predicted octanol–water partition coefficient (Wildman–Crippen LogP) is 3.59. The molecule has 0 amide bonds. The molecule has 0 aliphatic rings. The van der Waals surface area contributed by atoms with Gasteiger partial charge in [0.1, 0.15) is 11.6 Å². The number of rotatable bonds is 2. The minimum atomic E-state index is -0.322. The van der Waals surface area contributed by atoms with Gasteiger partial charge in [-0.05, 0) is 17.9 Å². The highest BCUT2D eigenvalue weighted by Crippen LogP contribution is 2.27. The molecule has 15 heavy (non-hydrogen) atoms. The average Bonchev–Trinajstić information content (AvgIpc) is 2.23. The summed E-state index contributed by atoms with van der Waals surface area (Å²) in [6, 6.07) is 1.47. The van der Waals surface area contributed by atoms with Crippen LogP contribution in [0.1, 0.15) is 46.1 Å². The smallest absolute Gasteiger partial charge is 0.141 e. The van der Waals surface area contributed by atoms with Crippen LogP contribution in [-0.2, 0) is 0 Å². The Kier molecular flexibility index (Phi) is 5.90. The standard InChI is InChI=1S/C10H15FN2.C2H6/c1-6(2)7(3)9-4-8(11)5-13-10(9)12;1-2/h4-7H,1-3H3,(H2,12,13);1-2H3. The Hall–Kier alpha value is -1.12. The number of nitrogens with zero attached hydrogens (tertiary/aromatic N) is 1. The Morgan fingerprint density at radius 1 is 1.27 bits per heavy atom. The van der Waals surface area contributed by atoms with Crippen LogP contribution in [0.3, 0.4) is 0 Å². The minimum absolute atomic E-state index is 0.239. The number of nitrogens with two attached hydrogens (primary N) is 1. The Morgan fingerprint density at radius 2 is 1.80 bits per heavy atom. The molecule has 0 saturated heterocycles. The van der Waals surface area contributed by atoms with Crippen molar-refractivity contribution in [3.63, 3.8) is 0 Å². The van der Waals surface area contributed by atoms with Crippen LogP contribution in [0, 0.1) is 11.7 Å². The fraction of sp³-hybridized carbons (Fsp3) is 0.583. The van der Waals surface area contributed by atoms with Crippen LogP contribution >= 0.6 is 0 Å². The Labute approximate surface area is 91.7 Å². The largest absolute Gasteiger partial charge is 0.383 e. The molecule has 2 nitrogen and oxygen atoms in total. The molecular formula is C12H21FN2. The summed E-state index contributed by atoms with van der Waals surface area (Å²) in [7, 11) is 0. The topological polar surface area (TPSA) is 38.9 Å². The first-order chi connectivity index (χ1) is 7.02. The summed E-state index contributed by atoms with van der Waals surface area (Å²) in [5.41, 5.74) is 6.45. The lowest BCUT2D eigenvalue weighted by Gasteiger charge is -2.17. The first-order valence-electron chi connectivity index (χ1n) is 5.43. The van der Waals surface area contributed by atoms with E-state index in [4.69, 9.17) is 5.73 Å². The summed E-state index contributed by atoms with van der Waals surface area (Å²) in [4.78, 5) is 3.78. The van der Waals surface area contributed by atoms with Crippen molar-refractivity contribution in [3.8, 4) is 0 Å². The molecule has 0 radical (unpaired) electrons. The van der Waals surface area contributed by atoms with Crippen LogP contribution in [0.25, 0.3) is 0 Å². The molecule has 0 saturated carbocycles. The molecule has 0 aromatic carbocycles. The number of halogens is 1.